The van der Waals surface area contributed by atoms with E-state index in [0.717, 1.165) is 19.3 Å². The second-order valence-corrected chi connectivity index (χ2v) is 17.3. The van der Waals surface area contributed by atoms with Crippen molar-refractivity contribution in [2.45, 2.75) is 91.3 Å². The molecule has 1 fully saturated rings. The lowest BCUT2D eigenvalue weighted by Gasteiger charge is -2.43. The van der Waals surface area contributed by atoms with Gasteiger partial charge in [0.2, 0.25) is 0 Å². The number of rotatable bonds is 10. The third-order valence-electron chi connectivity index (χ3n) is 7.67. The summed E-state index contributed by atoms with van der Waals surface area (Å²) in [6, 6.07) is 21.6. The van der Waals surface area contributed by atoms with Crippen LogP contribution in [0.4, 0.5) is 4.79 Å². The van der Waals surface area contributed by atoms with E-state index < -0.39 is 19.9 Å². The van der Waals surface area contributed by atoms with E-state index in [9.17, 15) is 9.90 Å². The van der Waals surface area contributed by atoms with Crippen LogP contribution in [0.5, 0.6) is 0 Å². The molecule has 36 heavy (non-hydrogen) atoms. The summed E-state index contributed by atoms with van der Waals surface area (Å²) in [5.74, 6) is 1.37. The molecule has 0 heterocycles. The molecule has 4 nitrogen and oxygen atoms in total. The van der Waals surface area contributed by atoms with Gasteiger partial charge in [0, 0.05) is 18.2 Å². The molecule has 0 bridgehead atoms. The zero-order chi connectivity index (χ0) is 26.7. The fourth-order valence-corrected chi connectivity index (χ4v) is 10.7. The first-order valence-corrected chi connectivity index (χ1v) is 15.5. The van der Waals surface area contributed by atoms with Crippen LogP contribution in [0.15, 0.2) is 60.7 Å². The number of amides is 1. The minimum absolute atomic E-state index is 0.0365. The first-order chi connectivity index (χ1) is 16.8. The van der Waals surface area contributed by atoms with E-state index in [1.165, 1.54) is 10.4 Å². The van der Waals surface area contributed by atoms with Crippen molar-refractivity contribution in [3.05, 3.63) is 60.7 Å². The predicted octanol–water partition coefficient (Wildman–Crippen LogP) is 6.78. The summed E-state index contributed by atoms with van der Waals surface area (Å²) in [7, 11) is -2.54. The third-order valence-corrected chi connectivity index (χ3v) is 12.7. The van der Waals surface area contributed by atoms with E-state index in [4.69, 9.17) is 4.43 Å². The SMILES string of the molecule is CC(C)C[C@@H](C1CC1CCO[Si](c1ccccc1)(c1ccccc1)C(C)(C)C)N(C(=O)O)C(C)(C)C. The maximum Gasteiger partial charge on any atom is 0.407 e. The van der Waals surface area contributed by atoms with Gasteiger partial charge in [0.25, 0.3) is 8.32 Å². The van der Waals surface area contributed by atoms with Gasteiger partial charge in [0.1, 0.15) is 0 Å². The molecule has 1 N–H and O–H groups in total. The van der Waals surface area contributed by atoms with Crippen molar-refractivity contribution >= 4 is 24.8 Å². The van der Waals surface area contributed by atoms with E-state index in [2.05, 4.69) is 95.3 Å². The average molecular weight is 510 g/mol. The molecule has 0 saturated heterocycles. The normalized spacial score (nSPS) is 19.2. The number of hydrogen-bond acceptors (Lipinski definition) is 2. The third kappa shape index (κ3) is 6.23. The van der Waals surface area contributed by atoms with Crippen molar-refractivity contribution in [2.24, 2.45) is 17.8 Å². The van der Waals surface area contributed by atoms with Gasteiger partial charge in [-0.25, -0.2) is 4.79 Å². The lowest BCUT2D eigenvalue weighted by atomic mass is 9.93. The Kier molecular flexibility index (Phi) is 8.77. The molecule has 1 aliphatic rings. The fourth-order valence-electron chi connectivity index (χ4n) is 6.08. The Labute approximate surface area is 220 Å². The van der Waals surface area contributed by atoms with Crippen LogP contribution in [0, 0.1) is 17.8 Å². The molecule has 1 saturated carbocycles. The van der Waals surface area contributed by atoms with Gasteiger partial charge in [0.15, 0.2) is 0 Å². The van der Waals surface area contributed by atoms with Gasteiger partial charge in [-0.15, -0.1) is 0 Å². The van der Waals surface area contributed by atoms with Crippen LogP contribution in [0.25, 0.3) is 0 Å². The number of carboxylic acid groups (broad SMARTS) is 1. The van der Waals surface area contributed by atoms with Crippen molar-refractivity contribution in [1.29, 1.82) is 0 Å². The number of benzene rings is 2. The molecule has 0 spiro atoms. The Morgan fingerprint density at radius 3 is 1.86 bits per heavy atom. The first-order valence-electron chi connectivity index (χ1n) is 13.6. The summed E-state index contributed by atoms with van der Waals surface area (Å²) in [5.41, 5.74) is -0.413. The number of nitrogens with zero attached hydrogens (tertiary/aromatic N) is 1. The molecule has 0 aromatic heterocycles. The summed E-state index contributed by atoms with van der Waals surface area (Å²) in [5, 5.41) is 12.7. The van der Waals surface area contributed by atoms with Gasteiger partial charge >= 0.3 is 6.09 Å². The highest BCUT2D eigenvalue weighted by atomic mass is 28.4. The molecule has 2 aromatic carbocycles. The van der Waals surface area contributed by atoms with Crippen molar-refractivity contribution in [2.75, 3.05) is 6.61 Å². The smallest absolute Gasteiger partial charge is 0.407 e. The molecule has 2 aromatic rings. The Hall–Kier alpha value is -2.11. The monoisotopic (exact) mass is 509 g/mol. The maximum atomic E-state index is 12.3. The maximum absolute atomic E-state index is 12.3. The number of carbonyl (C=O) groups is 1. The summed E-state index contributed by atoms with van der Waals surface area (Å²) in [4.78, 5) is 14.0. The standard InChI is InChI=1S/C31H47NO3Si/c1-23(2)21-28(32(29(33)34)30(3,4)5)27-22-24(27)19-20-35-36(31(6,7)8,25-15-11-9-12-16-25)26-17-13-10-14-18-26/h9-18,23-24,27-28H,19-22H2,1-8H3,(H,33,34)/t24?,27?,28-/m0/s1. The van der Waals surface area contributed by atoms with Crippen LogP contribution in [0.1, 0.15) is 74.7 Å². The second-order valence-electron chi connectivity index (χ2n) is 13.0. The van der Waals surface area contributed by atoms with Crippen LogP contribution in [-0.2, 0) is 4.43 Å². The van der Waals surface area contributed by atoms with Gasteiger partial charge < -0.3 is 14.4 Å². The van der Waals surface area contributed by atoms with Crippen molar-refractivity contribution in [1.82, 2.24) is 4.90 Å². The summed E-state index contributed by atoms with van der Waals surface area (Å²) < 4.78 is 7.11. The van der Waals surface area contributed by atoms with Crippen molar-refractivity contribution in [3.8, 4) is 0 Å². The second kappa shape index (κ2) is 11.1. The molecule has 1 amide bonds. The van der Waals surface area contributed by atoms with Gasteiger partial charge in [-0.3, -0.25) is 0 Å². The lowest BCUT2D eigenvalue weighted by Crippen LogP contribution is -2.66. The Morgan fingerprint density at radius 1 is 0.972 bits per heavy atom. The minimum Gasteiger partial charge on any atom is -0.465 e. The molecular formula is C31H47NO3Si. The number of hydrogen-bond donors (Lipinski definition) is 1. The Morgan fingerprint density at radius 2 is 1.47 bits per heavy atom. The van der Waals surface area contributed by atoms with E-state index in [0.29, 0.717) is 24.4 Å². The lowest BCUT2D eigenvalue weighted by molar-refractivity contribution is 0.0524. The van der Waals surface area contributed by atoms with Crippen molar-refractivity contribution in [3.63, 3.8) is 0 Å². The van der Waals surface area contributed by atoms with Crippen LogP contribution >= 0.6 is 0 Å². The Balaban J connectivity index is 1.82. The van der Waals surface area contributed by atoms with E-state index >= 15 is 0 Å². The highest BCUT2D eigenvalue weighted by Crippen LogP contribution is 2.49. The molecular weight excluding hydrogens is 462 g/mol. The van der Waals surface area contributed by atoms with Crippen LogP contribution < -0.4 is 10.4 Å². The van der Waals surface area contributed by atoms with Crippen LogP contribution in [0.3, 0.4) is 0 Å². The highest BCUT2D eigenvalue weighted by molar-refractivity contribution is 6.99. The molecule has 2 unspecified atom stereocenters. The average Bonchev–Trinajstić information content (AvgIpc) is 3.54. The quantitative estimate of drug-likeness (QED) is 0.359. The molecule has 3 rings (SSSR count). The minimum atomic E-state index is -2.54. The largest absolute Gasteiger partial charge is 0.465 e. The van der Waals surface area contributed by atoms with Gasteiger partial charge in [0.05, 0.1) is 0 Å². The predicted molar refractivity (Wildman–Crippen MR) is 153 cm³/mol. The van der Waals surface area contributed by atoms with Gasteiger partial charge in [-0.2, -0.15) is 0 Å². The molecule has 198 valence electrons. The Bertz CT molecular complexity index is 939. The summed E-state index contributed by atoms with van der Waals surface area (Å²) >= 11 is 0. The van der Waals surface area contributed by atoms with Gasteiger partial charge in [-0.1, -0.05) is 95.3 Å². The summed E-state index contributed by atoms with van der Waals surface area (Å²) in [6.45, 7) is 18.1. The molecule has 0 aliphatic heterocycles. The fraction of sp³-hybridized carbons (Fsp3) is 0.581. The van der Waals surface area contributed by atoms with E-state index in [-0.39, 0.29) is 11.1 Å². The van der Waals surface area contributed by atoms with Crippen LogP contribution in [-0.4, -0.2) is 42.6 Å². The topological polar surface area (TPSA) is 49.8 Å². The van der Waals surface area contributed by atoms with E-state index in [1.807, 2.05) is 20.8 Å². The zero-order valence-electron chi connectivity index (χ0n) is 23.6. The van der Waals surface area contributed by atoms with Crippen LogP contribution in [0.2, 0.25) is 5.04 Å². The molecule has 3 atom stereocenters. The first kappa shape index (κ1) is 28.5. The zero-order valence-corrected chi connectivity index (χ0v) is 24.6. The van der Waals surface area contributed by atoms with Crippen molar-refractivity contribution < 1.29 is 14.3 Å². The van der Waals surface area contributed by atoms with Gasteiger partial charge in [-0.05, 0) is 73.2 Å². The molecule has 5 heteroatoms. The highest BCUT2D eigenvalue weighted by Gasteiger charge is 2.52. The summed E-state index contributed by atoms with van der Waals surface area (Å²) in [6.07, 6.45) is 2.16. The van der Waals surface area contributed by atoms with E-state index in [1.54, 1.807) is 4.90 Å². The molecule has 1 aliphatic carbocycles. The molecule has 0 radical (unpaired) electrons.